The number of likely N-dealkylation sites (N-methyl/N-ethyl adjacent to an activating group) is 1. The lowest BCUT2D eigenvalue weighted by atomic mass is 10.2. The fourth-order valence-corrected chi connectivity index (χ4v) is 2.11. The van der Waals surface area contributed by atoms with E-state index >= 15 is 0 Å². The van der Waals surface area contributed by atoms with Crippen LogP contribution in [0.25, 0.3) is 0 Å². The standard InChI is InChI=1S/C12H18N4O/c1-9(17)15(2)11-5-6-16(8-11)12-4-3-10(13)7-14-12/h3-4,7,11H,5-6,8,13H2,1-2H3. The summed E-state index contributed by atoms with van der Waals surface area (Å²) in [4.78, 5) is 19.6. The molecule has 1 atom stereocenters. The van der Waals surface area contributed by atoms with Gasteiger partial charge in [0.1, 0.15) is 5.82 Å². The van der Waals surface area contributed by atoms with E-state index < -0.39 is 0 Å². The van der Waals surface area contributed by atoms with Crippen LogP contribution in [0.15, 0.2) is 18.3 Å². The van der Waals surface area contributed by atoms with Gasteiger partial charge in [-0.15, -0.1) is 0 Å². The van der Waals surface area contributed by atoms with Crippen molar-refractivity contribution in [2.45, 2.75) is 19.4 Å². The van der Waals surface area contributed by atoms with Gasteiger partial charge in [0.05, 0.1) is 17.9 Å². The Morgan fingerprint density at radius 3 is 2.94 bits per heavy atom. The number of amides is 1. The number of pyridine rings is 1. The van der Waals surface area contributed by atoms with E-state index in [0.29, 0.717) is 5.69 Å². The molecule has 1 aliphatic heterocycles. The minimum atomic E-state index is 0.113. The third kappa shape index (κ3) is 2.49. The van der Waals surface area contributed by atoms with Crippen molar-refractivity contribution in [2.75, 3.05) is 30.8 Å². The molecule has 92 valence electrons. The van der Waals surface area contributed by atoms with Crippen LogP contribution >= 0.6 is 0 Å². The number of hydrogen-bond donors (Lipinski definition) is 1. The second-order valence-corrected chi connectivity index (χ2v) is 4.47. The molecule has 1 aromatic heterocycles. The Morgan fingerprint density at radius 2 is 2.35 bits per heavy atom. The predicted octanol–water partition coefficient (Wildman–Crippen LogP) is 0.721. The van der Waals surface area contributed by atoms with Gasteiger partial charge >= 0.3 is 0 Å². The Hall–Kier alpha value is -1.78. The SMILES string of the molecule is CC(=O)N(C)C1CCN(c2ccc(N)cn2)C1. The molecule has 1 unspecified atom stereocenters. The first-order valence-electron chi connectivity index (χ1n) is 5.78. The fraction of sp³-hybridized carbons (Fsp3) is 0.500. The molecular weight excluding hydrogens is 216 g/mol. The molecule has 0 radical (unpaired) electrons. The van der Waals surface area contributed by atoms with Gasteiger partial charge in [0.2, 0.25) is 5.91 Å². The van der Waals surface area contributed by atoms with Crippen molar-refractivity contribution in [2.24, 2.45) is 0 Å². The molecule has 1 fully saturated rings. The molecule has 2 rings (SSSR count). The molecule has 1 aliphatic rings. The highest BCUT2D eigenvalue weighted by atomic mass is 16.2. The number of aromatic nitrogens is 1. The van der Waals surface area contributed by atoms with E-state index in [2.05, 4.69) is 9.88 Å². The van der Waals surface area contributed by atoms with E-state index in [1.165, 1.54) is 0 Å². The van der Waals surface area contributed by atoms with Crippen LogP contribution in [0.4, 0.5) is 11.5 Å². The quantitative estimate of drug-likeness (QED) is 0.819. The zero-order valence-electron chi connectivity index (χ0n) is 10.3. The summed E-state index contributed by atoms with van der Waals surface area (Å²) in [6, 6.07) is 4.06. The van der Waals surface area contributed by atoms with E-state index in [1.807, 2.05) is 19.2 Å². The van der Waals surface area contributed by atoms with Crippen LogP contribution in [-0.2, 0) is 4.79 Å². The van der Waals surface area contributed by atoms with E-state index in [9.17, 15) is 4.79 Å². The molecule has 0 aromatic carbocycles. The molecule has 17 heavy (non-hydrogen) atoms. The minimum Gasteiger partial charge on any atom is -0.397 e. The van der Waals surface area contributed by atoms with E-state index in [0.717, 1.165) is 25.3 Å². The second-order valence-electron chi connectivity index (χ2n) is 4.47. The fourth-order valence-electron chi connectivity index (χ4n) is 2.11. The summed E-state index contributed by atoms with van der Waals surface area (Å²) >= 11 is 0. The number of rotatable bonds is 2. The third-order valence-electron chi connectivity index (χ3n) is 3.30. The molecule has 1 aromatic rings. The molecule has 2 heterocycles. The molecule has 0 bridgehead atoms. The van der Waals surface area contributed by atoms with Gasteiger partial charge < -0.3 is 15.5 Å². The highest BCUT2D eigenvalue weighted by molar-refractivity contribution is 5.73. The molecule has 0 saturated carbocycles. The number of nitrogen functional groups attached to an aromatic ring is 1. The Kier molecular flexibility index (Phi) is 3.17. The number of anilines is 2. The monoisotopic (exact) mass is 234 g/mol. The van der Waals surface area contributed by atoms with Gasteiger partial charge in [-0.2, -0.15) is 0 Å². The smallest absolute Gasteiger partial charge is 0.219 e. The normalized spacial score (nSPS) is 19.4. The Balaban J connectivity index is 2.02. The summed E-state index contributed by atoms with van der Waals surface area (Å²) < 4.78 is 0. The van der Waals surface area contributed by atoms with Crippen LogP contribution in [0.2, 0.25) is 0 Å². The lowest BCUT2D eigenvalue weighted by molar-refractivity contribution is -0.129. The van der Waals surface area contributed by atoms with Gasteiger partial charge in [-0.3, -0.25) is 4.79 Å². The zero-order valence-corrected chi connectivity index (χ0v) is 10.3. The van der Waals surface area contributed by atoms with Crippen LogP contribution < -0.4 is 10.6 Å². The van der Waals surface area contributed by atoms with Crippen molar-refractivity contribution in [3.8, 4) is 0 Å². The van der Waals surface area contributed by atoms with Gasteiger partial charge in [0, 0.05) is 27.1 Å². The summed E-state index contributed by atoms with van der Waals surface area (Å²) in [5.41, 5.74) is 6.28. The van der Waals surface area contributed by atoms with Gasteiger partial charge in [0.15, 0.2) is 0 Å². The maximum Gasteiger partial charge on any atom is 0.219 e. The molecule has 5 heteroatoms. The summed E-state index contributed by atoms with van der Waals surface area (Å²) in [5.74, 6) is 1.04. The average Bonchev–Trinajstić information content (AvgIpc) is 2.78. The summed E-state index contributed by atoms with van der Waals surface area (Å²) in [6.45, 7) is 3.37. The Morgan fingerprint density at radius 1 is 1.59 bits per heavy atom. The van der Waals surface area contributed by atoms with Crippen molar-refractivity contribution in [3.63, 3.8) is 0 Å². The molecule has 0 spiro atoms. The molecular formula is C12H18N4O. The van der Waals surface area contributed by atoms with Crippen molar-refractivity contribution >= 4 is 17.4 Å². The van der Waals surface area contributed by atoms with Crippen LogP contribution in [0, 0.1) is 0 Å². The highest BCUT2D eigenvalue weighted by Gasteiger charge is 2.27. The largest absolute Gasteiger partial charge is 0.397 e. The van der Waals surface area contributed by atoms with Crippen molar-refractivity contribution in [1.29, 1.82) is 0 Å². The van der Waals surface area contributed by atoms with Crippen LogP contribution in [-0.4, -0.2) is 42.0 Å². The predicted molar refractivity (Wildman–Crippen MR) is 67.7 cm³/mol. The number of hydrogen-bond acceptors (Lipinski definition) is 4. The number of carbonyl (C=O) groups is 1. The second kappa shape index (κ2) is 4.61. The summed E-state index contributed by atoms with van der Waals surface area (Å²) in [6.07, 6.45) is 2.65. The van der Waals surface area contributed by atoms with E-state index in [1.54, 1.807) is 18.0 Å². The summed E-state index contributed by atoms with van der Waals surface area (Å²) in [5, 5.41) is 0. The maximum atomic E-state index is 11.3. The first-order chi connectivity index (χ1) is 8.08. The number of carbonyl (C=O) groups excluding carboxylic acids is 1. The van der Waals surface area contributed by atoms with Crippen molar-refractivity contribution in [1.82, 2.24) is 9.88 Å². The molecule has 1 amide bonds. The third-order valence-corrected chi connectivity index (χ3v) is 3.30. The lowest BCUT2D eigenvalue weighted by Crippen LogP contribution is -2.37. The minimum absolute atomic E-state index is 0.113. The maximum absolute atomic E-state index is 11.3. The summed E-state index contributed by atoms with van der Waals surface area (Å²) in [7, 11) is 1.85. The molecule has 1 saturated heterocycles. The number of nitrogens with zero attached hydrogens (tertiary/aromatic N) is 3. The van der Waals surface area contributed by atoms with Gasteiger partial charge in [-0.05, 0) is 18.6 Å². The van der Waals surface area contributed by atoms with Crippen LogP contribution in [0.3, 0.4) is 0 Å². The molecule has 5 nitrogen and oxygen atoms in total. The van der Waals surface area contributed by atoms with Gasteiger partial charge in [-0.1, -0.05) is 0 Å². The van der Waals surface area contributed by atoms with Gasteiger partial charge in [0.25, 0.3) is 0 Å². The Labute approximate surface area is 101 Å². The van der Waals surface area contributed by atoms with Crippen LogP contribution in [0.5, 0.6) is 0 Å². The number of nitrogens with two attached hydrogens (primary N) is 1. The van der Waals surface area contributed by atoms with Crippen molar-refractivity contribution in [3.05, 3.63) is 18.3 Å². The lowest BCUT2D eigenvalue weighted by Gasteiger charge is -2.23. The first kappa shape index (κ1) is 11.7. The van der Waals surface area contributed by atoms with Crippen molar-refractivity contribution < 1.29 is 4.79 Å². The topological polar surface area (TPSA) is 62.5 Å². The van der Waals surface area contributed by atoms with Crippen LogP contribution in [0.1, 0.15) is 13.3 Å². The van der Waals surface area contributed by atoms with E-state index in [4.69, 9.17) is 5.73 Å². The average molecular weight is 234 g/mol. The zero-order chi connectivity index (χ0) is 12.4. The highest BCUT2D eigenvalue weighted by Crippen LogP contribution is 2.21. The first-order valence-corrected chi connectivity index (χ1v) is 5.78. The molecule has 2 N–H and O–H groups in total. The Bertz CT molecular complexity index is 403. The molecule has 0 aliphatic carbocycles. The van der Waals surface area contributed by atoms with Gasteiger partial charge in [-0.25, -0.2) is 4.98 Å². The van der Waals surface area contributed by atoms with E-state index in [-0.39, 0.29) is 11.9 Å².